The number of nitro benzene ring substituents is 1. The molecule has 1 aromatic carbocycles. The molecule has 0 atom stereocenters. The Morgan fingerprint density at radius 3 is 2.85 bits per heavy atom. The number of hydrogen-bond acceptors (Lipinski definition) is 6. The SMILES string of the molecule is CN(C)c1ccc(C(=O)NCCc2[nH]cnc2-c2cccs2)cc1[N+](=O)[O-]. The first kappa shape index (κ1) is 18.6. The van der Waals surface area contributed by atoms with Crippen LogP contribution in [-0.4, -0.2) is 41.4 Å². The molecule has 0 saturated heterocycles. The van der Waals surface area contributed by atoms with Crippen LogP contribution in [0.25, 0.3) is 10.6 Å². The molecule has 2 heterocycles. The fourth-order valence-corrected chi connectivity index (χ4v) is 3.48. The third-order valence-corrected chi connectivity index (χ3v) is 4.93. The summed E-state index contributed by atoms with van der Waals surface area (Å²) in [4.78, 5) is 33.3. The number of nitrogens with one attached hydrogen (secondary N) is 2. The maximum atomic E-state index is 12.4. The number of hydrogen-bond donors (Lipinski definition) is 2. The Balaban J connectivity index is 1.66. The van der Waals surface area contributed by atoms with Crippen LogP contribution >= 0.6 is 11.3 Å². The predicted molar refractivity (Wildman–Crippen MR) is 105 cm³/mol. The zero-order chi connectivity index (χ0) is 19.4. The summed E-state index contributed by atoms with van der Waals surface area (Å²) in [5, 5.41) is 16.0. The van der Waals surface area contributed by atoms with Gasteiger partial charge in [-0.2, -0.15) is 0 Å². The number of anilines is 1. The quantitative estimate of drug-likeness (QED) is 0.480. The number of thiophene rings is 1. The van der Waals surface area contributed by atoms with Crippen molar-refractivity contribution in [3.05, 3.63) is 63.4 Å². The second-order valence-corrected chi connectivity index (χ2v) is 7.02. The van der Waals surface area contributed by atoms with Gasteiger partial charge in [0.2, 0.25) is 0 Å². The number of nitrogens with zero attached hydrogens (tertiary/aromatic N) is 3. The molecular formula is C18H19N5O3S. The number of amides is 1. The minimum atomic E-state index is -0.482. The fourth-order valence-electron chi connectivity index (χ4n) is 2.73. The van der Waals surface area contributed by atoms with Crippen molar-refractivity contribution in [2.45, 2.75) is 6.42 Å². The van der Waals surface area contributed by atoms with E-state index in [4.69, 9.17) is 0 Å². The molecule has 0 fully saturated rings. The highest BCUT2D eigenvalue weighted by Gasteiger charge is 2.19. The van der Waals surface area contributed by atoms with Crippen molar-refractivity contribution in [3.8, 4) is 10.6 Å². The Morgan fingerprint density at radius 1 is 1.37 bits per heavy atom. The van der Waals surface area contributed by atoms with Crippen molar-refractivity contribution in [3.63, 3.8) is 0 Å². The Kier molecular flexibility index (Phi) is 5.51. The van der Waals surface area contributed by atoms with Gasteiger partial charge in [0.15, 0.2) is 0 Å². The minimum Gasteiger partial charge on any atom is -0.372 e. The first-order chi connectivity index (χ1) is 13.0. The van der Waals surface area contributed by atoms with Gasteiger partial charge in [-0.05, 0) is 23.6 Å². The summed E-state index contributed by atoms with van der Waals surface area (Å²) in [7, 11) is 3.44. The molecule has 2 N–H and O–H groups in total. The molecule has 3 aromatic rings. The van der Waals surface area contributed by atoms with Gasteiger partial charge in [-0.25, -0.2) is 4.98 Å². The molecule has 1 amide bonds. The summed E-state index contributed by atoms with van der Waals surface area (Å²) in [6.07, 6.45) is 2.21. The van der Waals surface area contributed by atoms with Gasteiger partial charge >= 0.3 is 0 Å². The lowest BCUT2D eigenvalue weighted by atomic mass is 10.1. The lowest BCUT2D eigenvalue weighted by Gasteiger charge is -2.13. The number of nitro groups is 1. The molecule has 0 saturated carbocycles. The molecule has 8 nitrogen and oxygen atoms in total. The van der Waals surface area contributed by atoms with Crippen LogP contribution in [0.4, 0.5) is 11.4 Å². The third-order valence-electron chi connectivity index (χ3n) is 4.05. The monoisotopic (exact) mass is 385 g/mol. The molecule has 0 unspecified atom stereocenters. The third kappa shape index (κ3) is 4.14. The van der Waals surface area contributed by atoms with E-state index in [1.807, 2.05) is 17.5 Å². The molecule has 0 aliphatic carbocycles. The zero-order valence-corrected chi connectivity index (χ0v) is 15.7. The van der Waals surface area contributed by atoms with Crippen molar-refractivity contribution >= 4 is 28.6 Å². The smallest absolute Gasteiger partial charge is 0.293 e. The number of carbonyl (C=O) groups is 1. The van der Waals surface area contributed by atoms with Crippen molar-refractivity contribution in [1.82, 2.24) is 15.3 Å². The predicted octanol–water partition coefficient (Wildman–Crippen LogP) is 3.08. The largest absolute Gasteiger partial charge is 0.372 e. The van der Waals surface area contributed by atoms with E-state index >= 15 is 0 Å². The zero-order valence-electron chi connectivity index (χ0n) is 14.9. The first-order valence-electron chi connectivity index (χ1n) is 8.27. The van der Waals surface area contributed by atoms with Crippen molar-refractivity contribution in [2.75, 3.05) is 25.5 Å². The number of aromatic nitrogens is 2. The van der Waals surface area contributed by atoms with Crippen molar-refractivity contribution in [2.24, 2.45) is 0 Å². The van der Waals surface area contributed by atoms with Crippen LogP contribution in [0.5, 0.6) is 0 Å². The number of rotatable bonds is 7. The highest BCUT2D eigenvalue weighted by Crippen LogP contribution is 2.28. The summed E-state index contributed by atoms with van der Waals surface area (Å²) < 4.78 is 0. The molecule has 0 spiro atoms. The molecule has 3 rings (SSSR count). The maximum absolute atomic E-state index is 12.4. The summed E-state index contributed by atoms with van der Waals surface area (Å²) in [5.41, 5.74) is 2.43. The van der Waals surface area contributed by atoms with E-state index in [1.54, 1.807) is 48.8 Å². The highest BCUT2D eigenvalue weighted by atomic mass is 32.1. The molecular weight excluding hydrogens is 366 g/mol. The van der Waals surface area contributed by atoms with Crippen LogP contribution in [0.1, 0.15) is 16.1 Å². The van der Waals surface area contributed by atoms with Crippen LogP contribution < -0.4 is 10.2 Å². The number of H-pyrrole nitrogens is 1. The van der Waals surface area contributed by atoms with Gasteiger partial charge in [0, 0.05) is 44.4 Å². The molecule has 0 aliphatic rings. The van der Waals surface area contributed by atoms with Crippen LogP contribution in [0.2, 0.25) is 0 Å². The van der Waals surface area contributed by atoms with Crippen molar-refractivity contribution < 1.29 is 9.72 Å². The van der Waals surface area contributed by atoms with Gasteiger partial charge in [0.1, 0.15) is 11.4 Å². The van der Waals surface area contributed by atoms with E-state index in [9.17, 15) is 14.9 Å². The Bertz CT molecular complexity index is 950. The van der Waals surface area contributed by atoms with Gasteiger partial charge in [0.05, 0.1) is 16.1 Å². The van der Waals surface area contributed by atoms with E-state index in [-0.39, 0.29) is 17.2 Å². The average molecular weight is 385 g/mol. The number of aromatic amines is 1. The normalized spacial score (nSPS) is 10.6. The highest BCUT2D eigenvalue weighted by molar-refractivity contribution is 7.13. The molecule has 0 aliphatic heterocycles. The second-order valence-electron chi connectivity index (χ2n) is 6.07. The second kappa shape index (κ2) is 8.00. The molecule has 0 radical (unpaired) electrons. The van der Waals surface area contributed by atoms with Gasteiger partial charge in [0.25, 0.3) is 11.6 Å². The number of imidazole rings is 1. The number of carbonyl (C=O) groups excluding carboxylic acids is 1. The summed E-state index contributed by atoms with van der Waals surface area (Å²) in [6, 6.07) is 8.43. The average Bonchev–Trinajstić information content (AvgIpc) is 3.32. The molecule has 9 heteroatoms. The van der Waals surface area contributed by atoms with E-state index in [1.165, 1.54) is 6.07 Å². The van der Waals surface area contributed by atoms with E-state index in [0.717, 1.165) is 16.3 Å². The lowest BCUT2D eigenvalue weighted by molar-refractivity contribution is -0.384. The van der Waals surface area contributed by atoms with Gasteiger partial charge in [-0.3, -0.25) is 14.9 Å². The lowest BCUT2D eigenvalue weighted by Crippen LogP contribution is -2.26. The Morgan fingerprint density at radius 2 is 2.19 bits per heavy atom. The Hall–Kier alpha value is -3.20. The van der Waals surface area contributed by atoms with E-state index in [0.29, 0.717) is 18.7 Å². The van der Waals surface area contributed by atoms with Crippen LogP contribution in [0.15, 0.2) is 42.0 Å². The van der Waals surface area contributed by atoms with E-state index in [2.05, 4.69) is 15.3 Å². The van der Waals surface area contributed by atoms with Crippen molar-refractivity contribution in [1.29, 1.82) is 0 Å². The fraction of sp³-hybridized carbons (Fsp3) is 0.222. The van der Waals surface area contributed by atoms with Crippen LogP contribution in [-0.2, 0) is 6.42 Å². The van der Waals surface area contributed by atoms with Gasteiger partial charge in [-0.15, -0.1) is 11.3 Å². The first-order valence-corrected chi connectivity index (χ1v) is 9.15. The minimum absolute atomic E-state index is 0.0961. The number of benzene rings is 1. The summed E-state index contributed by atoms with van der Waals surface area (Å²) >= 11 is 1.60. The molecule has 0 bridgehead atoms. The van der Waals surface area contributed by atoms with Crippen LogP contribution in [0.3, 0.4) is 0 Å². The topological polar surface area (TPSA) is 104 Å². The molecule has 27 heavy (non-hydrogen) atoms. The molecule has 140 valence electrons. The summed E-state index contributed by atoms with van der Waals surface area (Å²) in [5.74, 6) is -0.347. The summed E-state index contributed by atoms with van der Waals surface area (Å²) in [6.45, 7) is 0.391. The van der Waals surface area contributed by atoms with Gasteiger partial charge < -0.3 is 15.2 Å². The Labute approximate surface area is 160 Å². The van der Waals surface area contributed by atoms with Crippen LogP contribution in [0, 0.1) is 10.1 Å². The standard InChI is InChI=1S/C18H19N5O3S/c1-22(2)14-6-5-12(10-15(14)23(25)26)18(24)19-8-7-13-17(21-11-20-13)16-4-3-9-27-16/h3-6,9-11H,7-8H2,1-2H3,(H,19,24)(H,20,21). The van der Waals surface area contributed by atoms with E-state index < -0.39 is 4.92 Å². The molecule has 2 aromatic heterocycles. The maximum Gasteiger partial charge on any atom is 0.293 e. The van der Waals surface area contributed by atoms with Gasteiger partial charge in [-0.1, -0.05) is 6.07 Å².